The van der Waals surface area contributed by atoms with E-state index in [-0.39, 0.29) is 11.3 Å². The number of carbonyl (C=O) groups excluding carboxylic acids is 1. The second-order valence-electron chi connectivity index (χ2n) is 6.09. The van der Waals surface area contributed by atoms with E-state index in [1.807, 2.05) is 6.07 Å². The minimum absolute atomic E-state index is 0.0455. The fourth-order valence-corrected chi connectivity index (χ4v) is 2.89. The maximum absolute atomic E-state index is 12.1. The number of anilines is 1. The van der Waals surface area contributed by atoms with Crippen molar-refractivity contribution in [1.29, 1.82) is 0 Å². The normalized spacial score (nSPS) is 11.6. The van der Waals surface area contributed by atoms with E-state index in [0.717, 1.165) is 17.0 Å². The highest BCUT2D eigenvalue weighted by Crippen LogP contribution is 2.31. The number of amides is 1. The molecule has 25 heavy (non-hydrogen) atoms. The molecule has 0 saturated heterocycles. The first kappa shape index (κ1) is 18.9. The number of aromatic nitrogens is 2. The van der Waals surface area contributed by atoms with Crippen LogP contribution in [0.5, 0.6) is 11.5 Å². The number of hydrogen-bond donors (Lipinski definition) is 1. The number of rotatable bonds is 7. The number of carbonyl (C=O) groups is 1. The van der Waals surface area contributed by atoms with Gasteiger partial charge in [-0.2, -0.15) is 0 Å². The average molecular weight is 361 g/mol. The lowest BCUT2D eigenvalue weighted by molar-refractivity contribution is -0.111. The van der Waals surface area contributed by atoms with Gasteiger partial charge in [-0.3, -0.25) is 10.1 Å². The van der Waals surface area contributed by atoms with Crippen LogP contribution in [0.1, 0.15) is 37.8 Å². The minimum atomic E-state index is -0.258. The molecule has 0 unspecified atom stereocenters. The highest BCUT2D eigenvalue weighted by molar-refractivity contribution is 7.15. The van der Waals surface area contributed by atoms with Crippen LogP contribution in [-0.2, 0) is 10.2 Å². The summed E-state index contributed by atoms with van der Waals surface area (Å²) in [5.41, 5.74) is 0.786. The molecule has 0 saturated carbocycles. The van der Waals surface area contributed by atoms with Crippen LogP contribution in [0.25, 0.3) is 6.08 Å². The zero-order chi connectivity index (χ0) is 18.4. The molecule has 2 rings (SSSR count). The molecular formula is C18H23N3O3S. The van der Waals surface area contributed by atoms with Crippen LogP contribution < -0.4 is 14.8 Å². The van der Waals surface area contributed by atoms with Gasteiger partial charge in [0, 0.05) is 11.5 Å². The monoisotopic (exact) mass is 361 g/mol. The Morgan fingerprint density at radius 2 is 1.96 bits per heavy atom. The molecule has 0 fully saturated rings. The second kappa shape index (κ2) is 8.11. The highest BCUT2D eigenvalue weighted by Gasteiger charge is 2.23. The number of nitrogens with zero attached hydrogens (tertiary/aromatic N) is 2. The summed E-state index contributed by atoms with van der Waals surface area (Å²) in [6.07, 6.45) is 4.11. The maximum atomic E-state index is 12.1. The number of methoxy groups -OCH3 is 2. The van der Waals surface area contributed by atoms with Gasteiger partial charge < -0.3 is 9.47 Å². The van der Waals surface area contributed by atoms with Crippen LogP contribution in [0.15, 0.2) is 24.3 Å². The molecule has 1 aromatic heterocycles. The molecule has 1 N–H and O–H groups in total. The molecule has 0 atom stereocenters. The van der Waals surface area contributed by atoms with E-state index in [9.17, 15) is 4.79 Å². The lowest BCUT2D eigenvalue weighted by Crippen LogP contribution is -2.14. The van der Waals surface area contributed by atoms with E-state index >= 15 is 0 Å². The molecule has 6 nitrogen and oxygen atoms in total. The van der Waals surface area contributed by atoms with Gasteiger partial charge in [-0.15, -0.1) is 10.2 Å². The van der Waals surface area contributed by atoms with Gasteiger partial charge in [0.2, 0.25) is 11.0 Å². The topological polar surface area (TPSA) is 73.3 Å². The van der Waals surface area contributed by atoms with E-state index in [1.165, 1.54) is 17.4 Å². The third-order valence-corrected chi connectivity index (χ3v) is 5.16. The first-order valence-corrected chi connectivity index (χ1v) is 8.76. The van der Waals surface area contributed by atoms with E-state index in [1.54, 1.807) is 32.4 Å². The Kier molecular flexibility index (Phi) is 6.14. The Morgan fingerprint density at radius 1 is 1.24 bits per heavy atom. The van der Waals surface area contributed by atoms with Gasteiger partial charge in [-0.1, -0.05) is 38.2 Å². The summed E-state index contributed by atoms with van der Waals surface area (Å²) in [5, 5.41) is 12.4. The molecule has 7 heteroatoms. The van der Waals surface area contributed by atoms with Crippen molar-refractivity contribution in [2.45, 2.75) is 32.6 Å². The van der Waals surface area contributed by atoms with Crippen LogP contribution in [0.2, 0.25) is 0 Å². The van der Waals surface area contributed by atoms with E-state index in [4.69, 9.17) is 9.47 Å². The predicted octanol–water partition coefficient (Wildman–Crippen LogP) is 3.89. The molecule has 1 heterocycles. The third-order valence-electron chi connectivity index (χ3n) is 3.95. The predicted molar refractivity (Wildman–Crippen MR) is 100 cm³/mol. The lowest BCUT2D eigenvalue weighted by Gasteiger charge is -2.17. The van der Waals surface area contributed by atoms with Crippen molar-refractivity contribution in [2.75, 3.05) is 19.5 Å². The fraction of sp³-hybridized carbons (Fsp3) is 0.389. The quantitative estimate of drug-likeness (QED) is 0.757. The zero-order valence-electron chi connectivity index (χ0n) is 15.1. The van der Waals surface area contributed by atoms with E-state index in [2.05, 4.69) is 36.3 Å². The summed E-state index contributed by atoms with van der Waals surface area (Å²) >= 11 is 1.40. The first-order chi connectivity index (χ1) is 11.9. The Hall–Kier alpha value is -2.41. The Morgan fingerprint density at radius 3 is 2.60 bits per heavy atom. The van der Waals surface area contributed by atoms with Gasteiger partial charge in [0.15, 0.2) is 11.5 Å². The Balaban J connectivity index is 2.04. The Bertz CT molecular complexity index is 769. The number of benzene rings is 1. The van der Waals surface area contributed by atoms with Gasteiger partial charge in [-0.05, 0) is 30.2 Å². The van der Waals surface area contributed by atoms with Crippen molar-refractivity contribution < 1.29 is 14.3 Å². The molecule has 2 aromatic rings. The van der Waals surface area contributed by atoms with E-state index in [0.29, 0.717) is 16.6 Å². The van der Waals surface area contributed by atoms with Crippen molar-refractivity contribution in [3.8, 4) is 11.5 Å². The van der Waals surface area contributed by atoms with Crippen LogP contribution in [0.4, 0.5) is 5.13 Å². The number of nitrogens with one attached hydrogen (secondary N) is 1. The summed E-state index contributed by atoms with van der Waals surface area (Å²) in [6, 6.07) is 5.44. The second-order valence-corrected chi connectivity index (χ2v) is 7.06. The molecule has 0 aliphatic rings. The van der Waals surface area contributed by atoms with Crippen LogP contribution in [0.3, 0.4) is 0 Å². The summed E-state index contributed by atoms with van der Waals surface area (Å²) in [7, 11) is 3.15. The fourth-order valence-electron chi connectivity index (χ4n) is 1.97. The molecule has 134 valence electrons. The summed E-state index contributed by atoms with van der Waals surface area (Å²) < 4.78 is 10.4. The molecule has 0 bridgehead atoms. The minimum Gasteiger partial charge on any atom is -0.493 e. The smallest absolute Gasteiger partial charge is 0.250 e. The lowest BCUT2D eigenvalue weighted by atomic mass is 9.91. The van der Waals surface area contributed by atoms with Gasteiger partial charge >= 0.3 is 0 Å². The number of hydrogen-bond acceptors (Lipinski definition) is 6. The standard InChI is InChI=1S/C18H23N3O3S/c1-6-18(2,3)16-20-21-17(25-16)19-15(22)10-8-12-7-9-13(23-4)14(11-12)24-5/h7-11H,6H2,1-5H3,(H,19,21,22)/b10-8+. The summed E-state index contributed by atoms with van der Waals surface area (Å²) in [4.78, 5) is 12.1. The van der Waals surface area contributed by atoms with Gasteiger partial charge in [-0.25, -0.2) is 0 Å². The number of ether oxygens (including phenoxy) is 2. The molecule has 1 aromatic carbocycles. The Labute approximate surface area is 151 Å². The van der Waals surface area contributed by atoms with Crippen molar-refractivity contribution in [2.24, 2.45) is 0 Å². The molecule has 1 amide bonds. The van der Waals surface area contributed by atoms with Crippen LogP contribution in [-0.4, -0.2) is 30.3 Å². The first-order valence-electron chi connectivity index (χ1n) is 7.94. The van der Waals surface area contributed by atoms with Gasteiger partial charge in [0.05, 0.1) is 14.2 Å². The zero-order valence-corrected chi connectivity index (χ0v) is 15.9. The largest absolute Gasteiger partial charge is 0.493 e. The average Bonchev–Trinajstić information content (AvgIpc) is 3.08. The molecule has 0 spiro atoms. The maximum Gasteiger partial charge on any atom is 0.250 e. The molecule has 0 aliphatic carbocycles. The van der Waals surface area contributed by atoms with Crippen LogP contribution in [0, 0.1) is 0 Å². The summed E-state index contributed by atoms with van der Waals surface area (Å²) in [6.45, 7) is 6.32. The van der Waals surface area contributed by atoms with Crippen molar-refractivity contribution in [1.82, 2.24) is 10.2 Å². The molecule has 0 aliphatic heterocycles. The van der Waals surface area contributed by atoms with Gasteiger partial charge in [0.1, 0.15) is 5.01 Å². The van der Waals surface area contributed by atoms with Crippen molar-refractivity contribution in [3.63, 3.8) is 0 Å². The summed E-state index contributed by atoms with van der Waals surface area (Å²) in [5.74, 6) is 0.997. The SMILES string of the molecule is CCC(C)(C)c1nnc(NC(=O)/C=C/c2ccc(OC)c(OC)c2)s1. The van der Waals surface area contributed by atoms with E-state index < -0.39 is 0 Å². The molecule has 0 radical (unpaired) electrons. The van der Waals surface area contributed by atoms with Gasteiger partial charge in [0.25, 0.3) is 0 Å². The highest BCUT2D eigenvalue weighted by atomic mass is 32.1. The van der Waals surface area contributed by atoms with Crippen LogP contribution >= 0.6 is 11.3 Å². The molecular weight excluding hydrogens is 338 g/mol. The van der Waals surface area contributed by atoms with Crippen molar-refractivity contribution >= 4 is 28.5 Å². The van der Waals surface area contributed by atoms with Crippen molar-refractivity contribution in [3.05, 3.63) is 34.8 Å². The third kappa shape index (κ3) is 4.79.